The van der Waals surface area contributed by atoms with Crippen LogP contribution < -0.4 is 0 Å². The van der Waals surface area contributed by atoms with Gasteiger partial charge in [0.1, 0.15) is 0 Å². The van der Waals surface area contributed by atoms with E-state index in [0.29, 0.717) is 0 Å². The molecular formula is C21H17F21O9S. The van der Waals surface area contributed by atoms with Crippen molar-refractivity contribution in [2.75, 3.05) is 19.8 Å². The van der Waals surface area contributed by atoms with Crippen molar-refractivity contribution < 1.29 is 134 Å². The third-order valence-electron chi connectivity index (χ3n) is 6.05. The van der Waals surface area contributed by atoms with Gasteiger partial charge in [-0.05, 0) is 0 Å². The molecule has 1 N–H and O–H groups in total. The smallest absolute Gasteiger partial charge is 0.459 e. The summed E-state index contributed by atoms with van der Waals surface area (Å²) in [5.74, 6) is -50.9. The number of alkyl halides is 21. The lowest BCUT2D eigenvalue weighted by atomic mass is 10.0. The monoisotopic (exact) mass is 844 g/mol. The van der Waals surface area contributed by atoms with Crippen LogP contribution in [0.25, 0.3) is 0 Å². The Morgan fingerprint density at radius 2 is 0.750 bits per heavy atom. The zero-order valence-electron chi connectivity index (χ0n) is 24.2. The minimum atomic E-state index is -6.99. The number of carbonyl (C=O) groups excluding carboxylic acids is 3. The molecule has 0 aromatic rings. The Hall–Kier alpha value is -3.15. The molecule has 0 rings (SSSR count). The number of hydrogen-bond donors (Lipinski definition) is 1. The third kappa shape index (κ3) is 11.2. The molecule has 0 aliphatic heterocycles. The van der Waals surface area contributed by atoms with Crippen molar-refractivity contribution >= 4 is 28.0 Å². The van der Waals surface area contributed by atoms with Gasteiger partial charge < -0.3 is 14.2 Å². The number of halogens is 21. The first-order valence-corrected chi connectivity index (χ1v) is 14.0. The molecule has 2 atom stereocenters. The molecule has 9 nitrogen and oxygen atoms in total. The van der Waals surface area contributed by atoms with E-state index in [4.69, 9.17) is 0 Å². The topological polar surface area (TPSA) is 133 Å². The SMILES string of the molecule is O=C(CC(C(=O)OCCC(F)(F)C(F)(F)C(F)(F)F)C(C(=O)OCCC(F)(F)C(F)(F)C(F)(F)F)S(=O)(=O)O)OCCC(F)(F)C(F)(F)C(F)(F)F. The molecule has 0 radical (unpaired) electrons. The Morgan fingerprint density at radius 3 is 1.02 bits per heavy atom. The second-order valence-electron chi connectivity index (χ2n) is 9.88. The van der Waals surface area contributed by atoms with Gasteiger partial charge in [-0.3, -0.25) is 18.9 Å². The summed E-state index contributed by atoms with van der Waals surface area (Å²) in [6, 6.07) is 0. The molecule has 2 unspecified atom stereocenters. The van der Waals surface area contributed by atoms with Crippen LogP contribution in [0.2, 0.25) is 0 Å². The Balaban J connectivity index is 6.41. The summed E-state index contributed by atoms with van der Waals surface area (Å²) in [5.41, 5.74) is 0. The first kappa shape index (κ1) is 48.9. The average Bonchev–Trinajstić information content (AvgIpc) is 2.89. The first-order chi connectivity index (χ1) is 22.6. The lowest BCUT2D eigenvalue weighted by molar-refractivity contribution is -0.356. The van der Waals surface area contributed by atoms with Gasteiger partial charge in [0.25, 0.3) is 10.1 Å². The highest BCUT2D eigenvalue weighted by molar-refractivity contribution is 7.87. The number of hydrogen-bond acceptors (Lipinski definition) is 8. The van der Waals surface area contributed by atoms with Crippen molar-refractivity contribution in [2.45, 2.75) is 85.0 Å². The Kier molecular flexibility index (Phi) is 14.7. The largest absolute Gasteiger partial charge is 0.465 e. The molecular weight excluding hydrogens is 827 g/mol. The standard InChI is InChI=1S/C21H17F21O9S/c22-13(23,16(28,29)19(34,35)36)1-4-49-9(43)7-8(11(44)50-5-2-14(24,25)17(30,31)20(37,38)39)10(52(46,47)48)12(45)51-6-3-15(26,27)18(32,33)21(40,41)42/h8,10H,1-7H2,(H,46,47,48). The average molecular weight is 844 g/mol. The van der Waals surface area contributed by atoms with Gasteiger partial charge in [0.2, 0.25) is 0 Å². The molecule has 0 amide bonds. The molecule has 0 bridgehead atoms. The fourth-order valence-corrected chi connectivity index (χ4v) is 4.11. The van der Waals surface area contributed by atoms with Crippen LogP contribution in [0.5, 0.6) is 0 Å². The summed E-state index contributed by atoms with van der Waals surface area (Å²) in [4.78, 5) is 36.7. The van der Waals surface area contributed by atoms with E-state index < -0.39 is 139 Å². The molecule has 52 heavy (non-hydrogen) atoms. The van der Waals surface area contributed by atoms with Crippen LogP contribution in [0.15, 0.2) is 0 Å². The fraction of sp³-hybridized carbons (Fsp3) is 0.857. The summed E-state index contributed by atoms with van der Waals surface area (Å²) >= 11 is 0. The molecule has 0 aromatic carbocycles. The second kappa shape index (κ2) is 15.7. The van der Waals surface area contributed by atoms with Crippen LogP contribution in [-0.2, 0) is 38.7 Å². The van der Waals surface area contributed by atoms with Crippen LogP contribution in [0.4, 0.5) is 92.2 Å². The van der Waals surface area contributed by atoms with E-state index in [-0.39, 0.29) is 0 Å². The quantitative estimate of drug-likeness (QED) is 0.0707. The Labute approximate surface area is 273 Å². The van der Waals surface area contributed by atoms with Crippen molar-refractivity contribution in [2.24, 2.45) is 5.92 Å². The van der Waals surface area contributed by atoms with Gasteiger partial charge in [-0.1, -0.05) is 0 Å². The van der Waals surface area contributed by atoms with E-state index in [2.05, 4.69) is 14.2 Å². The van der Waals surface area contributed by atoms with Crippen molar-refractivity contribution in [3.8, 4) is 0 Å². The van der Waals surface area contributed by atoms with Crippen LogP contribution in [0.3, 0.4) is 0 Å². The molecule has 308 valence electrons. The normalized spacial score (nSPS) is 15.9. The molecule has 0 fully saturated rings. The molecule has 31 heteroatoms. The van der Waals surface area contributed by atoms with Crippen molar-refractivity contribution in [1.82, 2.24) is 0 Å². The van der Waals surface area contributed by atoms with Crippen LogP contribution >= 0.6 is 0 Å². The fourth-order valence-electron chi connectivity index (χ4n) is 3.18. The maximum atomic E-state index is 13.5. The molecule has 0 saturated carbocycles. The number of rotatable bonds is 18. The number of ether oxygens (including phenoxy) is 3. The van der Waals surface area contributed by atoms with Gasteiger partial charge in [0.15, 0.2) is 5.25 Å². The van der Waals surface area contributed by atoms with E-state index in [1.807, 2.05) is 0 Å². The summed E-state index contributed by atoms with van der Waals surface area (Å²) in [7, 11) is -6.51. The number of esters is 3. The van der Waals surface area contributed by atoms with E-state index >= 15 is 0 Å². The van der Waals surface area contributed by atoms with E-state index in [0.717, 1.165) is 0 Å². The van der Waals surface area contributed by atoms with Crippen LogP contribution in [0, 0.1) is 5.92 Å². The zero-order chi connectivity index (χ0) is 42.0. The highest BCUT2D eigenvalue weighted by Gasteiger charge is 2.74. The highest BCUT2D eigenvalue weighted by Crippen LogP contribution is 2.50. The molecule has 0 spiro atoms. The summed E-state index contributed by atoms with van der Waals surface area (Å²) in [6.45, 7) is -7.06. The predicted molar refractivity (Wildman–Crippen MR) is 118 cm³/mol. The maximum absolute atomic E-state index is 13.5. The first-order valence-electron chi connectivity index (χ1n) is 12.5. The maximum Gasteiger partial charge on any atom is 0.459 e. The van der Waals surface area contributed by atoms with E-state index in [1.54, 1.807) is 0 Å². The lowest BCUT2D eigenvalue weighted by Crippen LogP contribution is -2.52. The Morgan fingerprint density at radius 1 is 0.481 bits per heavy atom. The van der Waals surface area contributed by atoms with Crippen molar-refractivity contribution in [1.29, 1.82) is 0 Å². The molecule has 0 aliphatic rings. The van der Waals surface area contributed by atoms with E-state index in [1.165, 1.54) is 0 Å². The minimum absolute atomic E-state index is 2.25. The predicted octanol–water partition coefficient (Wildman–Crippen LogP) is 6.55. The summed E-state index contributed by atoms with van der Waals surface area (Å²) < 4.78 is 313. The zero-order valence-corrected chi connectivity index (χ0v) is 25.0. The Bertz CT molecular complexity index is 1370. The molecule has 0 aliphatic carbocycles. The summed E-state index contributed by atoms with van der Waals surface area (Å²) in [5, 5.41) is -3.96. The van der Waals surface area contributed by atoms with Crippen LogP contribution in [-0.4, -0.2) is 110 Å². The van der Waals surface area contributed by atoms with E-state index in [9.17, 15) is 120 Å². The van der Waals surface area contributed by atoms with Gasteiger partial charge in [-0.15, -0.1) is 0 Å². The van der Waals surface area contributed by atoms with Crippen molar-refractivity contribution in [3.63, 3.8) is 0 Å². The molecule has 0 saturated heterocycles. The second-order valence-corrected chi connectivity index (χ2v) is 11.4. The third-order valence-corrected chi connectivity index (χ3v) is 7.22. The van der Waals surface area contributed by atoms with Crippen molar-refractivity contribution in [3.05, 3.63) is 0 Å². The lowest BCUT2D eigenvalue weighted by Gasteiger charge is -2.29. The van der Waals surface area contributed by atoms with Gasteiger partial charge in [-0.2, -0.15) is 101 Å². The van der Waals surface area contributed by atoms with Gasteiger partial charge in [0, 0.05) is 0 Å². The van der Waals surface area contributed by atoms with Crippen LogP contribution in [0.1, 0.15) is 25.7 Å². The molecule has 0 heterocycles. The van der Waals surface area contributed by atoms with Gasteiger partial charge >= 0.3 is 72.0 Å². The molecule has 0 aromatic heterocycles. The minimum Gasteiger partial charge on any atom is -0.465 e. The summed E-state index contributed by atoms with van der Waals surface area (Å²) in [6.07, 6.45) is -31.8. The van der Waals surface area contributed by atoms with Gasteiger partial charge in [0.05, 0.1) is 51.4 Å². The number of carbonyl (C=O) groups is 3. The van der Waals surface area contributed by atoms with Gasteiger partial charge in [-0.25, -0.2) is 0 Å². The highest BCUT2D eigenvalue weighted by atomic mass is 32.2.